The number of likely N-dealkylation sites (tertiary alicyclic amines) is 1. The van der Waals surface area contributed by atoms with Gasteiger partial charge in [0.15, 0.2) is 0 Å². The molecule has 7 nitrogen and oxygen atoms in total. The number of piperidine rings is 1. The number of phenols is 1. The van der Waals surface area contributed by atoms with Crippen molar-refractivity contribution < 1.29 is 9.90 Å². The molecular formula is C20H23N5O2. The number of carbonyl (C=O) groups is 1. The van der Waals surface area contributed by atoms with E-state index in [4.69, 9.17) is 0 Å². The fraction of sp³-hybridized carbons (Fsp3) is 0.350. The first-order valence-electron chi connectivity index (χ1n) is 9.26. The Morgan fingerprint density at radius 1 is 1.19 bits per heavy atom. The highest BCUT2D eigenvalue weighted by molar-refractivity contribution is 5.96. The normalized spacial score (nSPS) is 16.6. The van der Waals surface area contributed by atoms with Crippen LogP contribution < -0.4 is 5.32 Å². The highest BCUT2D eigenvalue weighted by Crippen LogP contribution is 2.23. The summed E-state index contributed by atoms with van der Waals surface area (Å²) in [5, 5.41) is 22.1. The van der Waals surface area contributed by atoms with Crippen LogP contribution >= 0.6 is 0 Å². The number of phenolic OH excluding ortho intramolecular Hbond substituents is 1. The van der Waals surface area contributed by atoms with Crippen molar-refractivity contribution in [2.45, 2.75) is 31.8 Å². The minimum atomic E-state index is -0.103. The maximum Gasteiger partial charge on any atom is 0.257 e. The molecule has 0 spiro atoms. The number of amides is 1. The Hall–Kier alpha value is -2.93. The smallest absolute Gasteiger partial charge is 0.257 e. The SMILES string of the molecule is CC(NC1CCN(C(=O)c2ccccc2O)CC1)c1cnn2ncccc12. The molecule has 1 saturated heterocycles. The zero-order valence-electron chi connectivity index (χ0n) is 15.2. The average molecular weight is 365 g/mol. The molecule has 1 amide bonds. The Labute approximate surface area is 157 Å². The molecule has 7 heteroatoms. The van der Waals surface area contributed by atoms with E-state index in [9.17, 15) is 9.90 Å². The van der Waals surface area contributed by atoms with Crippen molar-refractivity contribution in [1.82, 2.24) is 25.0 Å². The minimum absolute atomic E-state index is 0.0399. The second-order valence-corrected chi connectivity index (χ2v) is 6.97. The topological polar surface area (TPSA) is 82.8 Å². The van der Waals surface area contributed by atoms with Crippen LogP contribution in [0, 0.1) is 0 Å². The van der Waals surface area contributed by atoms with Gasteiger partial charge in [0.2, 0.25) is 0 Å². The Kier molecular flexibility index (Phi) is 4.77. The van der Waals surface area contributed by atoms with Gasteiger partial charge >= 0.3 is 0 Å². The van der Waals surface area contributed by atoms with Crippen LogP contribution in [0.1, 0.15) is 41.7 Å². The summed E-state index contributed by atoms with van der Waals surface area (Å²) >= 11 is 0. The van der Waals surface area contributed by atoms with E-state index in [-0.39, 0.29) is 17.7 Å². The predicted octanol–water partition coefficient (Wildman–Crippen LogP) is 2.39. The Morgan fingerprint density at radius 3 is 2.74 bits per heavy atom. The monoisotopic (exact) mass is 365 g/mol. The molecule has 4 rings (SSSR count). The number of aromatic hydroxyl groups is 1. The number of nitrogens with one attached hydrogen (secondary N) is 1. The number of nitrogens with zero attached hydrogens (tertiary/aromatic N) is 4. The molecular weight excluding hydrogens is 342 g/mol. The number of hydrogen-bond acceptors (Lipinski definition) is 5. The number of fused-ring (bicyclic) bond motifs is 1. The number of carbonyl (C=O) groups excluding carboxylic acids is 1. The summed E-state index contributed by atoms with van der Waals surface area (Å²) < 4.78 is 1.64. The number of para-hydroxylation sites is 1. The van der Waals surface area contributed by atoms with Crippen LogP contribution in [0.3, 0.4) is 0 Å². The van der Waals surface area contributed by atoms with E-state index in [0.717, 1.165) is 23.9 Å². The lowest BCUT2D eigenvalue weighted by molar-refractivity contribution is 0.0699. The van der Waals surface area contributed by atoms with Crippen molar-refractivity contribution >= 4 is 11.4 Å². The number of aromatic nitrogens is 3. The summed E-state index contributed by atoms with van der Waals surface area (Å²) in [6, 6.07) is 11.1. The molecule has 0 saturated carbocycles. The van der Waals surface area contributed by atoms with Gasteiger partial charge in [-0.1, -0.05) is 12.1 Å². The quantitative estimate of drug-likeness (QED) is 0.742. The van der Waals surface area contributed by atoms with Gasteiger partial charge in [-0.25, -0.2) is 0 Å². The third kappa shape index (κ3) is 3.50. The maximum absolute atomic E-state index is 12.6. The van der Waals surface area contributed by atoms with Gasteiger partial charge in [0.25, 0.3) is 5.91 Å². The van der Waals surface area contributed by atoms with E-state index in [1.54, 1.807) is 35.1 Å². The van der Waals surface area contributed by atoms with E-state index in [1.165, 1.54) is 0 Å². The van der Waals surface area contributed by atoms with Crippen LogP contribution in [0.15, 0.2) is 48.8 Å². The molecule has 3 heterocycles. The van der Waals surface area contributed by atoms with Crippen LogP contribution in [0.4, 0.5) is 0 Å². The highest BCUT2D eigenvalue weighted by Gasteiger charge is 2.26. The largest absolute Gasteiger partial charge is 0.507 e. The zero-order valence-corrected chi connectivity index (χ0v) is 15.2. The van der Waals surface area contributed by atoms with Gasteiger partial charge in [0.1, 0.15) is 5.75 Å². The minimum Gasteiger partial charge on any atom is -0.507 e. The molecule has 1 unspecified atom stereocenters. The predicted molar refractivity (Wildman–Crippen MR) is 102 cm³/mol. The zero-order chi connectivity index (χ0) is 18.8. The van der Waals surface area contributed by atoms with Gasteiger partial charge in [-0.05, 0) is 44.0 Å². The summed E-state index contributed by atoms with van der Waals surface area (Å²) in [5.41, 5.74) is 2.50. The number of hydrogen-bond donors (Lipinski definition) is 2. The second-order valence-electron chi connectivity index (χ2n) is 6.97. The van der Waals surface area contributed by atoms with Crippen molar-refractivity contribution in [3.05, 3.63) is 59.9 Å². The first-order valence-corrected chi connectivity index (χ1v) is 9.26. The molecule has 0 aliphatic carbocycles. The number of rotatable bonds is 4. The van der Waals surface area contributed by atoms with Crippen molar-refractivity contribution in [2.75, 3.05) is 13.1 Å². The van der Waals surface area contributed by atoms with Crippen LogP contribution in [-0.2, 0) is 0 Å². The van der Waals surface area contributed by atoms with Crippen LogP contribution in [0.25, 0.3) is 5.52 Å². The third-order valence-electron chi connectivity index (χ3n) is 5.20. The fourth-order valence-electron chi connectivity index (χ4n) is 3.70. The molecule has 0 bridgehead atoms. The molecule has 3 aromatic rings. The van der Waals surface area contributed by atoms with Crippen LogP contribution in [0.5, 0.6) is 5.75 Å². The number of benzene rings is 1. The third-order valence-corrected chi connectivity index (χ3v) is 5.20. The maximum atomic E-state index is 12.6. The fourth-order valence-corrected chi connectivity index (χ4v) is 3.70. The summed E-state index contributed by atoms with van der Waals surface area (Å²) in [6.07, 6.45) is 5.33. The van der Waals surface area contributed by atoms with E-state index in [0.29, 0.717) is 24.7 Å². The molecule has 0 radical (unpaired) electrons. The molecule has 2 aromatic heterocycles. The Bertz CT molecular complexity index is 946. The first-order chi connectivity index (χ1) is 13.1. The van der Waals surface area contributed by atoms with E-state index in [2.05, 4.69) is 22.4 Å². The molecule has 1 atom stereocenters. The van der Waals surface area contributed by atoms with Gasteiger partial charge < -0.3 is 15.3 Å². The lowest BCUT2D eigenvalue weighted by atomic mass is 10.0. The molecule has 140 valence electrons. The first kappa shape index (κ1) is 17.5. The molecule has 1 aliphatic rings. The van der Waals surface area contributed by atoms with Crippen LogP contribution in [-0.4, -0.2) is 49.9 Å². The Morgan fingerprint density at radius 2 is 1.96 bits per heavy atom. The Balaban J connectivity index is 1.37. The van der Waals surface area contributed by atoms with Crippen molar-refractivity contribution in [2.24, 2.45) is 0 Å². The molecule has 1 fully saturated rings. The van der Waals surface area contributed by atoms with Crippen molar-refractivity contribution in [3.8, 4) is 5.75 Å². The molecule has 1 aromatic carbocycles. The summed E-state index contributed by atoms with van der Waals surface area (Å²) in [7, 11) is 0. The van der Waals surface area contributed by atoms with Gasteiger partial charge in [-0.3, -0.25) is 4.79 Å². The highest BCUT2D eigenvalue weighted by atomic mass is 16.3. The second kappa shape index (κ2) is 7.36. The van der Waals surface area contributed by atoms with Gasteiger partial charge in [0, 0.05) is 36.9 Å². The van der Waals surface area contributed by atoms with Gasteiger partial charge in [-0.15, -0.1) is 0 Å². The van der Waals surface area contributed by atoms with E-state index < -0.39 is 0 Å². The van der Waals surface area contributed by atoms with Crippen LogP contribution in [0.2, 0.25) is 0 Å². The van der Waals surface area contributed by atoms with Gasteiger partial charge in [0.05, 0.1) is 17.3 Å². The molecule has 2 N–H and O–H groups in total. The molecule has 27 heavy (non-hydrogen) atoms. The summed E-state index contributed by atoms with van der Waals surface area (Å²) in [5.74, 6) is -0.0635. The standard InChI is InChI=1S/C20H23N5O2/c1-14(17-13-22-25-18(17)6-4-10-21-25)23-15-8-11-24(12-9-15)20(27)16-5-2-3-7-19(16)26/h2-7,10,13-15,23,26H,8-9,11-12H2,1H3. The van der Waals surface area contributed by atoms with Gasteiger partial charge in [-0.2, -0.15) is 14.8 Å². The van der Waals surface area contributed by atoms with Crippen molar-refractivity contribution in [1.29, 1.82) is 0 Å². The lowest BCUT2D eigenvalue weighted by Crippen LogP contribution is -2.45. The lowest BCUT2D eigenvalue weighted by Gasteiger charge is -2.34. The van der Waals surface area contributed by atoms with E-state index in [1.807, 2.05) is 23.2 Å². The van der Waals surface area contributed by atoms with Crippen molar-refractivity contribution in [3.63, 3.8) is 0 Å². The van der Waals surface area contributed by atoms with E-state index >= 15 is 0 Å². The average Bonchev–Trinajstić information content (AvgIpc) is 3.13. The summed E-state index contributed by atoms with van der Waals surface area (Å²) in [6.45, 7) is 3.48. The summed E-state index contributed by atoms with van der Waals surface area (Å²) in [4.78, 5) is 14.4. The molecule has 1 aliphatic heterocycles.